The lowest BCUT2D eigenvalue weighted by Gasteiger charge is -2.50. The average molecular weight is 991 g/mol. The lowest BCUT2D eigenvalue weighted by atomic mass is 9.88. The maximum Gasteiger partial charge on any atom is 0.364 e. The summed E-state index contributed by atoms with van der Waals surface area (Å²) in [5, 5.41) is 102. The van der Waals surface area contributed by atoms with Gasteiger partial charge in [0.05, 0.1) is 44.1 Å². The number of rotatable bonds is 40. The van der Waals surface area contributed by atoms with Crippen LogP contribution in [-0.4, -0.2) is 163 Å². The van der Waals surface area contributed by atoms with E-state index in [1.165, 1.54) is 103 Å². The zero-order chi connectivity index (χ0) is 51.0. The van der Waals surface area contributed by atoms with Crippen LogP contribution in [0.3, 0.4) is 0 Å². The van der Waals surface area contributed by atoms with Crippen molar-refractivity contribution in [2.24, 2.45) is 0 Å². The number of allylic oxidation sites excluding steroid dienone is 1. The summed E-state index contributed by atoms with van der Waals surface area (Å²) in [6.07, 6.45) is 13.5. The normalized spacial score (nSPS) is 26.9. The van der Waals surface area contributed by atoms with E-state index < -0.39 is 117 Å². The first-order chi connectivity index (χ1) is 33.2. The maximum absolute atomic E-state index is 13.3. The second kappa shape index (κ2) is 36.6. The van der Waals surface area contributed by atoms with E-state index in [-0.39, 0.29) is 12.3 Å². The van der Waals surface area contributed by atoms with Crippen molar-refractivity contribution < 1.29 is 79.3 Å². The van der Waals surface area contributed by atoms with E-state index in [0.717, 1.165) is 51.9 Å². The number of carbonyl (C=O) groups is 3. The van der Waals surface area contributed by atoms with Gasteiger partial charge in [0.2, 0.25) is 11.8 Å². The largest absolute Gasteiger partial charge is 0.477 e. The van der Waals surface area contributed by atoms with E-state index in [4.69, 9.17) is 18.9 Å². The van der Waals surface area contributed by atoms with Crippen LogP contribution in [0.2, 0.25) is 0 Å². The van der Waals surface area contributed by atoms with E-state index >= 15 is 0 Å². The molecule has 0 aromatic heterocycles. The molecule has 0 saturated carbocycles. The molecule has 2 amide bonds. The molecule has 69 heavy (non-hydrogen) atoms. The predicted octanol–water partition coefficient (Wildman–Crippen LogP) is 4.56. The van der Waals surface area contributed by atoms with Crippen LogP contribution in [-0.2, 0) is 33.3 Å². The van der Waals surface area contributed by atoms with E-state index in [1.54, 1.807) is 6.08 Å². The molecule has 2 saturated heterocycles. The Morgan fingerprint density at radius 3 is 1.72 bits per heavy atom. The molecule has 404 valence electrons. The molecule has 13 atom stereocenters. The molecule has 0 aromatic carbocycles. The number of carboxylic acids is 1. The average Bonchev–Trinajstić information content (AvgIpc) is 3.32. The summed E-state index contributed by atoms with van der Waals surface area (Å²) < 4.78 is 23.1. The van der Waals surface area contributed by atoms with Gasteiger partial charge in [0, 0.05) is 19.8 Å². The van der Waals surface area contributed by atoms with Crippen molar-refractivity contribution >= 4 is 17.8 Å². The number of carbonyl (C=O) groups excluding carboxylic acids is 2. The van der Waals surface area contributed by atoms with Crippen molar-refractivity contribution in [3.8, 4) is 0 Å². The minimum absolute atomic E-state index is 0.206. The van der Waals surface area contributed by atoms with Crippen LogP contribution >= 0.6 is 0 Å². The van der Waals surface area contributed by atoms with Crippen LogP contribution in [0.5, 0.6) is 0 Å². The van der Waals surface area contributed by atoms with Crippen LogP contribution in [0.15, 0.2) is 12.2 Å². The lowest BCUT2D eigenvalue weighted by molar-refractivity contribution is -0.370. The summed E-state index contributed by atoms with van der Waals surface area (Å²) in [7, 11) is 0. The van der Waals surface area contributed by atoms with Crippen LogP contribution in [0, 0.1) is 0 Å². The SMILES string of the molecule is CCCCCCCCCCCCC/C=C\C(O)C(CO[C@@H]1O[C@H](CO)[C@H](O)C(O[C@]2(C(=O)O)C[C@@H](O)C(NC(C)=O)C([C@H](O)[C@H](O)CO)O2)[C@H]1O)NC(=O)CCCCCCCCCCCCCCC. The quantitative estimate of drug-likeness (QED) is 0.0296. The molecule has 0 bridgehead atoms. The Labute approximate surface area is 411 Å². The monoisotopic (exact) mass is 991 g/mol. The van der Waals surface area contributed by atoms with Crippen molar-refractivity contribution in [2.75, 3.05) is 19.8 Å². The first-order valence-corrected chi connectivity index (χ1v) is 26.5. The Hall–Kier alpha value is -2.33. The van der Waals surface area contributed by atoms with Crippen LogP contribution in [0.4, 0.5) is 0 Å². The van der Waals surface area contributed by atoms with Crippen molar-refractivity contribution in [3.63, 3.8) is 0 Å². The van der Waals surface area contributed by atoms with Gasteiger partial charge in [0.15, 0.2) is 6.29 Å². The Kier molecular flexibility index (Phi) is 33.3. The fourth-order valence-corrected chi connectivity index (χ4v) is 9.10. The summed E-state index contributed by atoms with van der Waals surface area (Å²) >= 11 is 0. The Balaban J connectivity index is 2.13. The topological polar surface area (TPSA) is 294 Å². The van der Waals surface area contributed by atoms with Gasteiger partial charge in [-0.1, -0.05) is 167 Å². The molecular formula is C51H94N2O16. The summed E-state index contributed by atoms with van der Waals surface area (Å²) in [6.45, 7) is 3.21. The second-order valence-electron chi connectivity index (χ2n) is 19.4. The number of hydrogen-bond acceptors (Lipinski definition) is 15. The van der Waals surface area contributed by atoms with Crippen molar-refractivity contribution in [1.29, 1.82) is 0 Å². The molecule has 2 aliphatic heterocycles. The lowest BCUT2D eigenvalue weighted by Crippen LogP contribution is -2.70. The van der Waals surface area contributed by atoms with Crippen LogP contribution in [0.1, 0.15) is 194 Å². The third-order valence-electron chi connectivity index (χ3n) is 13.3. The standard InChI is InChI=1S/C51H94N2O16/c1-4-6-8-10-12-14-16-18-20-22-24-26-28-30-38(57)37(53-42(60)31-29-27-25-23-21-19-17-15-13-11-9-7-5-2)35-66-49-46(63)48(45(62)41(34-55)67-49)69-51(50(64)65)32-39(58)43(52-36(3)56)47(68-51)44(61)40(59)33-54/h28,30,37-41,43-49,54-55,57-59,61-63H,4-27,29,31-35H2,1-3H3,(H,52,56)(H,53,60)(H,64,65)/b30-28-/t37?,38?,39-,40-,41-,43?,44-,45+,46-,47?,48?,49-,51+/m1/s1. The van der Waals surface area contributed by atoms with Gasteiger partial charge in [0.1, 0.15) is 42.7 Å². The molecule has 11 N–H and O–H groups in total. The summed E-state index contributed by atoms with van der Waals surface area (Å²) in [5.41, 5.74) is 0. The zero-order valence-electron chi connectivity index (χ0n) is 42.2. The number of aliphatic carboxylic acids is 1. The number of carboxylic acid groups (broad SMARTS) is 1. The zero-order valence-corrected chi connectivity index (χ0v) is 42.2. The molecule has 0 aromatic rings. The number of unbranched alkanes of at least 4 members (excludes halogenated alkanes) is 23. The molecule has 2 rings (SSSR count). The minimum Gasteiger partial charge on any atom is -0.477 e. The van der Waals surface area contributed by atoms with Crippen molar-refractivity contribution in [3.05, 3.63) is 12.2 Å². The number of amides is 2. The van der Waals surface area contributed by atoms with E-state index in [1.807, 2.05) is 6.08 Å². The molecular weight excluding hydrogens is 897 g/mol. The molecule has 2 aliphatic rings. The fraction of sp³-hybridized carbons (Fsp3) is 0.902. The third kappa shape index (κ3) is 23.8. The second-order valence-corrected chi connectivity index (χ2v) is 19.4. The molecule has 0 aliphatic carbocycles. The highest BCUT2D eigenvalue weighted by atomic mass is 16.8. The summed E-state index contributed by atoms with van der Waals surface area (Å²) in [6, 6.07) is -2.55. The number of aliphatic hydroxyl groups is 8. The first-order valence-electron chi connectivity index (χ1n) is 26.5. The molecule has 0 spiro atoms. The number of ether oxygens (including phenoxy) is 4. The summed E-state index contributed by atoms with van der Waals surface area (Å²) in [5.74, 6) is -5.88. The Bertz CT molecular complexity index is 1400. The van der Waals surface area contributed by atoms with Crippen LogP contribution < -0.4 is 10.6 Å². The van der Waals surface area contributed by atoms with Gasteiger partial charge in [-0.25, -0.2) is 4.79 Å². The predicted molar refractivity (Wildman–Crippen MR) is 260 cm³/mol. The van der Waals surface area contributed by atoms with Gasteiger partial charge in [-0.05, 0) is 19.3 Å². The number of aliphatic hydroxyl groups excluding tert-OH is 8. The van der Waals surface area contributed by atoms with Crippen molar-refractivity contribution in [2.45, 2.75) is 273 Å². The summed E-state index contributed by atoms with van der Waals surface area (Å²) in [4.78, 5) is 38.2. The van der Waals surface area contributed by atoms with Gasteiger partial charge >= 0.3 is 5.97 Å². The minimum atomic E-state index is -2.96. The highest BCUT2D eigenvalue weighted by molar-refractivity contribution is 5.77. The first kappa shape index (κ1) is 62.8. The molecule has 0 radical (unpaired) electrons. The molecule has 2 heterocycles. The Morgan fingerprint density at radius 2 is 1.25 bits per heavy atom. The molecule has 5 unspecified atom stereocenters. The smallest absolute Gasteiger partial charge is 0.364 e. The van der Waals surface area contributed by atoms with Gasteiger partial charge in [-0.2, -0.15) is 0 Å². The Morgan fingerprint density at radius 1 is 0.739 bits per heavy atom. The van der Waals surface area contributed by atoms with Gasteiger partial charge in [0.25, 0.3) is 5.79 Å². The number of hydrogen-bond donors (Lipinski definition) is 11. The van der Waals surface area contributed by atoms with Crippen LogP contribution in [0.25, 0.3) is 0 Å². The fourth-order valence-electron chi connectivity index (χ4n) is 9.10. The van der Waals surface area contributed by atoms with E-state index in [2.05, 4.69) is 24.5 Å². The molecule has 18 heteroatoms. The maximum atomic E-state index is 13.3. The van der Waals surface area contributed by atoms with Gasteiger partial charge in [-0.3, -0.25) is 9.59 Å². The highest BCUT2D eigenvalue weighted by Crippen LogP contribution is 2.37. The number of nitrogens with one attached hydrogen (secondary N) is 2. The molecule has 18 nitrogen and oxygen atoms in total. The van der Waals surface area contributed by atoms with Crippen molar-refractivity contribution in [1.82, 2.24) is 10.6 Å². The third-order valence-corrected chi connectivity index (χ3v) is 13.3. The van der Waals surface area contributed by atoms with E-state index in [9.17, 15) is 60.3 Å². The van der Waals surface area contributed by atoms with E-state index in [0.29, 0.717) is 12.8 Å². The van der Waals surface area contributed by atoms with Gasteiger partial charge < -0.3 is 75.5 Å². The van der Waals surface area contributed by atoms with Gasteiger partial charge in [-0.15, -0.1) is 0 Å². The molecule has 2 fully saturated rings. The highest BCUT2D eigenvalue weighted by Gasteiger charge is 2.59.